The first kappa shape index (κ1) is 5.76. The van der Waals surface area contributed by atoms with Crippen LogP contribution in [0.25, 0.3) is 0 Å². The maximum absolute atomic E-state index is 8.10. The second-order valence-electron chi connectivity index (χ2n) is 1.54. The molecule has 9 heavy (non-hydrogen) atoms. The smallest absolute Gasteiger partial charge is 0.231 e. The van der Waals surface area contributed by atoms with E-state index < -0.39 is 0 Å². The molecule has 0 radical (unpaired) electrons. The van der Waals surface area contributed by atoms with E-state index in [1.807, 2.05) is 0 Å². The zero-order valence-corrected chi connectivity index (χ0v) is 4.83. The van der Waals surface area contributed by atoms with Crippen molar-refractivity contribution in [1.29, 1.82) is 5.26 Å². The monoisotopic (exact) mass is 122 g/mol. The maximum Gasteiger partial charge on any atom is 0.231 e. The summed E-state index contributed by atoms with van der Waals surface area (Å²) < 4.78 is 0. The summed E-state index contributed by atoms with van der Waals surface area (Å²) in [5.74, 6) is 0.420. The lowest BCUT2D eigenvalue weighted by atomic mass is 10.4. The van der Waals surface area contributed by atoms with Crippen LogP contribution in [0.1, 0.15) is 6.42 Å². The molecule has 1 heterocycles. The molecule has 0 saturated carbocycles. The molecule has 4 heteroatoms. The molecule has 1 rings (SSSR count). The van der Waals surface area contributed by atoms with Crippen molar-refractivity contribution in [2.75, 3.05) is 6.54 Å². The molecule has 0 bridgehead atoms. The van der Waals surface area contributed by atoms with Crippen LogP contribution in [0, 0.1) is 11.5 Å². The topological polar surface area (TPSA) is 60.5 Å². The minimum Gasteiger partial charge on any atom is -0.261 e. The van der Waals surface area contributed by atoms with Crippen LogP contribution in [0.15, 0.2) is 9.98 Å². The lowest BCUT2D eigenvalue weighted by Crippen LogP contribution is -2.18. The van der Waals surface area contributed by atoms with Gasteiger partial charge in [-0.2, -0.15) is 5.26 Å². The summed E-state index contributed by atoms with van der Waals surface area (Å²) in [5.41, 5.74) is 0. The molecule has 0 aromatic rings. The Labute approximate surface area is 52.9 Å². The Morgan fingerprint density at radius 1 is 1.78 bits per heavy atom. The summed E-state index contributed by atoms with van der Waals surface area (Å²) in [4.78, 5) is 7.71. The van der Waals surface area contributed by atoms with E-state index in [1.54, 1.807) is 12.4 Å². The number of aliphatic imine (C=N–C) groups is 2. The quantitative estimate of drug-likeness (QED) is 0.360. The largest absolute Gasteiger partial charge is 0.261 e. The standard InChI is InChI=1S/C5H6N4/c6-4-9-5-7-2-1-3-8-5/h2H,1,3H2,(H,8,9). The van der Waals surface area contributed by atoms with Gasteiger partial charge in [-0.15, -0.1) is 0 Å². The van der Waals surface area contributed by atoms with Crippen LogP contribution in [-0.2, 0) is 0 Å². The van der Waals surface area contributed by atoms with Crippen LogP contribution >= 0.6 is 0 Å². The average Bonchev–Trinajstić information content (AvgIpc) is 1.91. The van der Waals surface area contributed by atoms with E-state index >= 15 is 0 Å². The third kappa shape index (κ3) is 1.53. The Kier molecular flexibility index (Phi) is 1.81. The van der Waals surface area contributed by atoms with Gasteiger partial charge >= 0.3 is 0 Å². The van der Waals surface area contributed by atoms with E-state index in [1.165, 1.54) is 0 Å². The molecule has 0 unspecified atom stereocenters. The van der Waals surface area contributed by atoms with Crippen LogP contribution in [-0.4, -0.2) is 18.7 Å². The molecular formula is C5H6N4. The minimum atomic E-state index is 0.420. The first-order chi connectivity index (χ1) is 4.43. The second-order valence-corrected chi connectivity index (χ2v) is 1.54. The second kappa shape index (κ2) is 2.82. The average molecular weight is 122 g/mol. The molecule has 1 aliphatic heterocycles. The highest BCUT2D eigenvalue weighted by atomic mass is 15.1. The molecule has 0 aromatic heterocycles. The predicted molar refractivity (Wildman–Crippen MR) is 34.2 cm³/mol. The van der Waals surface area contributed by atoms with Crippen molar-refractivity contribution in [3.63, 3.8) is 0 Å². The van der Waals surface area contributed by atoms with Gasteiger partial charge in [0.2, 0.25) is 5.96 Å². The number of guanidine groups is 1. The highest BCUT2D eigenvalue weighted by molar-refractivity contribution is 5.90. The predicted octanol–water partition coefficient (Wildman–Crippen LogP) is -0.112. The van der Waals surface area contributed by atoms with Crippen molar-refractivity contribution in [1.82, 2.24) is 5.32 Å². The molecular weight excluding hydrogens is 116 g/mol. The van der Waals surface area contributed by atoms with Crippen molar-refractivity contribution in [3.05, 3.63) is 0 Å². The van der Waals surface area contributed by atoms with E-state index in [9.17, 15) is 0 Å². The molecule has 1 N–H and O–H groups in total. The van der Waals surface area contributed by atoms with Crippen LogP contribution < -0.4 is 5.32 Å². The van der Waals surface area contributed by atoms with Gasteiger partial charge in [0.05, 0.1) is 0 Å². The summed E-state index contributed by atoms with van der Waals surface area (Å²) >= 11 is 0. The lowest BCUT2D eigenvalue weighted by molar-refractivity contribution is 1.00. The van der Waals surface area contributed by atoms with Gasteiger partial charge in [-0.1, -0.05) is 0 Å². The van der Waals surface area contributed by atoms with E-state index in [-0.39, 0.29) is 0 Å². The molecule has 4 nitrogen and oxygen atoms in total. The van der Waals surface area contributed by atoms with Crippen LogP contribution in [0.4, 0.5) is 0 Å². The zero-order chi connectivity index (χ0) is 6.53. The third-order valence-electron chi connectivity index (χ3n) is 0.901. The first-order valence-electron chi connectivity index (χ1n) is 2.65. The Morgan fingerprint density at radius 2 is 2.67 bits per heavy atom. The molecule has 1 aliphatic rings. The van der Waals surface area contributed by atoms with Gasteiger partial charge in [0.1, 0.15) is 0 Å². The van der Waals surface area contributed by atoms with Crippen LogP contribution in [0.3, 0.4) is 0 Å². The van der Waals surface area contributed by atoms with Crippen molar-refractivity contribution in [2.24, 2.45) is 9.98 Å². The first-order valence-corrected chi connectivity index (χ1v) is 2.65. The van der Waals surface area contributed by atoms with Crippen LogP contribution in [0.2, 0.25) is 0 Å². The summed E-state index contributed by atoms with van der Waals surface area (Å²) in [7, 11) is 0. The Bertz CT molecular complexity index is 186. The van der Waals surface area contributed by atoms with Crippen molar-refractivity contribution in [2.45, 2.75) is 6.42 Å². The van der Waals surface area contributed by atoms with E-state index in [0.717, 1.165) is 13.0 Å². The van der Waals surface area contributed by atoms with E-state index in [2.05, 4.69) is 15.3 Å². The fourth-order valence-corrected chi connectivity index (χ4v) is 0.542. The van der Waals surface area contributed by atoms with E-state index in [4.69, 9.17) is 5.26 Å². The SMILES string of the molecule is N#CNC1=NCCC=N1. The highest BCUT2D eigenvalue weighted by Crippen LogP contribution is 1.87. The summed E-state index contributed by atoms with van der Waals surface area (Å²) in [6.45, 7) is 0.730. The fourth-order valence-electron chi connectivity index (χ4n) is 0.542. The Hall–Kier alpha value is -1.37. The molecule has 46 valence electrons. The van der Waals surface area contributed by atoms with Gasteiger partial charge in [-0.05, 0) is 0 Å². The fraction of sp³-hybridized carbons (Fsp3) is 0.400. The number of hydrogen-bond donors (Lipinski definition) is 1. The molecule has 0 aromatic carbocycles. The molecule has 0 fully saturated rings. The number of nitrogens with zero attached hydrogens (tertiary/aromatic N) is 3. The maximum atomic E-state index is 8.10. The zero-order valence-electron chi connectivity index (χ0n) is 4.83. The summed E-state index contributed by atoms with van der Waals surface area (Å²) in [5, 5.41) is 10.4. The lowest BCUT2D eigenvalue weighted by Gasteiger charge is -1.99. The van der Waals surface area contributed by atoms with Crippen molar-refractivity contribution >= 4 is 12.2 Å². The minimum absolute atomic E-state index is 0.420. The normalized spacial score (nSPS) is 16.1. The summed E-state index contributed by atoms with van der Waals surface area (Å²) in [6.07, 6.45) is 4.36. The molecule has 0 saturated heterocycles. The number of rotatable bonds is 0. The van der Waals surface area contributed by atoms with Gasteiger partial charge in [0.15, 0.2) is 6.19 Å². The highest BCUT2D eigenvalue weighted by Gasteiger charge is 1.95. The van der Waals surface area contributed by atoms with Crippen molar-refractivity contribution in [3.8, 4) is 6.19 Å². The summed E-state index contributed by atoms with van der Waals surface area (Å²) in [6, 6.07) is 0. The number of nitrogens with one attached hydrogen (secondary N) is 1. The third-order valence-corrected chi connectivity index (χ3v) is 0.901. The number of hydrogen-bond acceptors (Lipinski definition) is 4. The van der Waals surface area contributed by atoms with Gasteiger partial charge in [0, 0.05) is 19.2 Å². The molecule has 0 aliphatic carbocycles. The Balaban J connectivity index is 2.50. The molecule has 0 spiro atoms. The Morgan fingerprint density at radius 3 is 3.22 bits per heavy atom. The van der Waals surface area contributed by atoms with Gasteiger partial charge in [-0.3, -0.25) is 10.3 Å². The molecule has 0 atom stereocenters. The van der Waals surface area contributed by atoms with E-state index in [0.29, 0.717) is 5.96 Å². The van der Waals surface area contributed by atoms with Gasteiger partial charge in [-0.25, -0.2) is 4.99 Å². The van der Waals surface area contributed by atoms with Gasteiger partial charge < -0.3 is 0 Å². The van der Waals surface area contributed by atoms with Crippen LogP contribution in [0.5, 0.6) is 0 Å². The molecule has 0 amide bonds. The number of nitriles is 1. The van der Waals surface area contributed by atoms with Crippen molar-refractivity contribution < 1.29 is 0 Å². The van der Waals surface area contributed by atoms with Gasteiger partial charge in [0.25, 0.3) is 0 Å².